The number of phenolic OH excluding ortho intramolecular Hbond substituents is 2. The number of nitrogens with zero attached hydrogens (tertiary/aromatic N) is 3. The molecule has 0 aliphatic carbocycles. The molecule has 1 atom stereocenters. The van der Waals surface area contributed by atoms with Crippen LogP contribution in [0.25, 0.3) is 11.0 Å². The van der Waals surface area contributed by atoms with Gasteiger partial charge in [0, 0.05) is 75.0 Å². The van der Waals surface area contributed by atoms with Crippen LogP contribution in [-0.4, -0.2) is 76.5 Å². The van der Waals surface area contributed by atoms with Crippen molar-refractivity contribution < 1.29 is 29.0 Å². The van der Waals surface area contributed by atoms with Crippen molar-refractivity contribution in [2.24, 2.45) is 0 Å². The number of rotatable bonds is 8. The Morgan fingerprint density at radius 3 is 2.35 bits per heavy atom. The molecule has 3 heterocycles. The summed E-state index contributed by atoms with van der Waals surface area (Å²) < 4.78 is 5.60. The third kappa shape index (κ3) is 6.64. The molecule has 0 radical (unpaired) electrons. The van der Waals surface area contributed by atoms with E-state index in [0.29, 0.717) is 44.2 Å². The lowest BCUT2D eigenvalue weighted by atomic mass is 10.0. The summed E-state index contributed by atoms with van der Waals surface area (Å²) in [6, 6.07) is 17.1. The molecule has 3 aromatic carbocycles. The lowest BCUT2D eigenvalue weighted by Crippen LogP contribution is -2.55. The number of carbonyl (C=O) groups is 3. The lowest BCUT2D eigenvalue weighted by Gasteiger charge is -2.38. The maximum Gasteiger partial charge on any atom is 0.287 e. The molecule has 12 heteroatoms. The van der Waals surface area contributed by atoms with Crippen molar-refractivity contribution >= 4 is 46.0 Å². The number of benzene rings is 3. The Balaban J connectivity index is 1.19. The van der Waals surface area contributed by atoms with Crippen LogP contribution in [0.15, 0.2) is 75.9 Å². The van der Waals surface area contributed by atoms with E-state index in [1.54, 1.807) is 29.2 Å². The zero-order valence-corrected chi connectivity index (χ0v) is 25.7. The van der Waals surface area contributed by atoms with Gasteiger partial charge in [-0.05, 0) is 41.8 Å². The van der Waals surface area contributed by atoms with E-state index in [1.165, 1.54) is 0 Å². The van der Waals surface area contributed by atoms with Crippen molar-refractivity contribution in [2.75, 3.05) is 37.6 Å². The zero-order chi connectivity index (χ0) is 32.4. The molecular formula is C34H33ClN4O7. The summed E-state index contributed by atoms with van der Waals surface area (Å²) in [6.07, 6.45) is 1.62. The average Bonchev–Trinajstić information content (AvgIpc) is 3.46. The summed E-state index contributed by atoms with van der Waals surface area (Å²) in [5.41, 5.74) is 2.19. The molecule has 1 aromatic heterocycles. The number of aromatic hydroxyl groups is 2. The van der Waals surface area contributed by atoms with E-state index in [9.17, 15) is 29.4 Å². The Kier molecular flexibility index (Phi) is 8.85. The van der Waals surface area contributed by atoms with Crippen molar-refractivity contribution in [2.45, 2.75) is 31.8 Å². The predicted octanol–water partition coefficient (Wildman–Crippen LogP) is 3.67. The molecule has 11 nitrogen and oxygen atoms in total. The monoisotopic (exact) mass is 644 g/mol. The van der Waals surface area contributed by atoms with Crippen LogP contribution in [0.5, 0.6) is 11.5 Å². The summed E-state index contributed by atoms with van der Waals surface area (Å²) in [6.45, 7) is 3.26. The third-order valence-corrected chi connectivity index (χ3v) is 8.71. The van der Waals surface area contributed by atoms with Crippen molar-refractivity contribution in [1.29, 1.82) is 0 Å². The number of nitrogens with one attached hydrogen (secondary N) is 1. The number of piperazine rings is 1. The first-order valence-electron chi connectivity index (χ1n) is 15.1. The Morgan fingerprint density at radius 2 is 1.63 bits per heavy atom. The number of likely N-dealkylation sites (tertiary alicyclic amines) is 1. The lowest BCUT2D eigenvalue weighted by molar-refractivity contribution is -0.133. The summed E-state index contributed by atoms with van der Waals surface area (Å²) >= 11 is 6.07. The van der Waals surface area contributed by atoms with E-state index >= 15 is 0 Å². The second-order valence-corrected chi connectivity index (χ2v) is 12.0. The van der Waals surface area contributed by atoms with Crippen molar-refractivity contribution in [1.82, 2.24) is 15.1 Å². The summed E-state index contributed by atoms with van der Waals surface area (Å²) in [4.78, 5) is 58.1. The Bertz CT molecular complexity index is 1850. The third-order valence-electron chi connectivity index (χ3n) is 8.46. The van der Waals surface area contributed by atoms with Gasteiger partial charge >= 0.3 is 0 Å². The normalized spacial score (nSPS) is 15.8. The maximum absolute atomic E-state index is 13.9. The van der Waals surface area contributed by atoms with Gasteiger partial charge < -0.3 is 34.6 Å². The number of halogens is 1. The van der Waals surface area contributed by atoms with Gasteiger partial charge in [0.15, 0.2) is 22.7 Å². The fourth-order valence-corrected chi connectivity index (χ4v) is 6.12. The van der Waals surface area contributed by atoms with Gasteiger partial charge in [0.1, 0.15) is 11.6 Å². The molecule has 238 valence electrons. The van der Waals surface area contributed by atoms with E-state index in [2.05, 4.69) is 10.2 Å². The molecule has 0 bridgehead atoms. The van der Waals surface area contributed by atoms with Crippen molar-refractivity contribution in [3.05, 3.63) is 98.9 Å². The molecule has 0 spiro atoms. The molecule has 6 rings (SSSR count). The van der Waals surface area contributed by atoms with Crippen LogP contribution in [0.3, 0.4) is 0 Å². The van der Waals surface area contributed by atoms with E-state index in [0.717, 1.165) is 48.0 Å². The minimum Gasteiger partial charge on any atom is -0.504 e. The van der Waals surface area contributed by atoms with Gasteiger partial charge in [-0.3, -0.25) is 19.2 Å². The topological polar surface area (TPSA) is 144 Å². The predicted molar refractivity (Wildman–Crippen MR) is 172 cm³/mol. The van der Waals surface area contributed by atoms with Crippen LogP contribution in [0.1, 0.15) is 34.5 Å². The highest BCUT2D eigenvalue weighted by Gasteiger charge is 2.31. The van der Waals surface area contributed by atoms with E-state index < -0.39 is 28.9 Å². The number of hydrogen-bond donors (Lipinski definition) is 3. The number of carbonyl (C=O) groups excluding carboxylic acids is 3. The highest BCUT2D eigenvalue weighted by molar-refractivity contribution is 6.30. The van der Waals surface area contributed by atoms with Crippen LogP contribution in [-0.2, 0) is 22.6 Å². The highest BCUT2D eigenvalue weighted by atomic mass is 35.5. The second kappa shape index (κ2) is 13.1. The minimum atomic E-state index is -0.983. The van der Waals surface area contributed by atoms with Crippen LogP contribution in [0.2, 0.25) is 5.02 Å². The number of phenols is 2. The molecule has 3 amide bonds. The largest absolute Gasteiger partial charge is 0.504 e. The van der Waals surface area contributed by atoms with Gasteiger partial charge in [-0.25, -0.2) is 0 Å². The van der Waals surface area contributed by atoms with E-state index in [-0.39, 0.29) is 35.0 Å². The van der Waals surface area contributed by atoms with E-state index in [4.69, 9.17) is 16.0 Å². The molecule has 2 aliphatic rings. The van der Waals surface area contributed by atoms with Gasteiger partial charge in [-0.2, -0.15) is 0 Å². The zero-order valence-electron chi connectivity index (χ0n) is 24.9. The van der Waals surface area contributed by atoms with Crippen LogP contribution < -0.4 is 15.6 Å². The molecular weight excluding hydrogens is 612 g/mol. The van der Waals surface area contributed by atoms with Gasteiger partial charge in [0.2, 0.25) is 11.8 Å². The standard InChI is InChI=1S/C34H33ClN4O7/c35-23-9-7-21(8-10-23)16-25(36-33(44)31-18-27(40)24-17-28(41)29(42)19-30(24)46-31)34(45)38-14-12-37(13-15-38)26-5-2-1-4-22(26)20-39-11-3-6-32(39)43/h1-2,4-5,7-10,17-19,25,41-42H,3,6,11-16,20H2,(H,36,44)/t25-/m0/s1. The van der Waals surface area contributed by atoms with Crippen LogP contribution >= 0.6 is 11.6 Å². The van der Waals surface area contributed by atoms with Gasteiger partial charge in [0.25, 0.3) is 5.91 Å². The number of amides is 3. The maximum atomic E-state index is 13.9. The summed E-state index contributed by atoms with van der Waals surface area (Å²) in [7, 11) is 0. The second-order valence-electron chi connectivity index (χ2n) is 11.5. The molecule has 0 saturated carbocycles. The molecule has 2 saturated heterocycles. The number of para-hydroxylation sites is 1. The number of fused-ring (bicyclic) bond motifs is 1. The van der Waals surface area contributed by atoms with Crippen LogP contribution in [0, 0.1) is 0 Å². The molecule has 0 unspecified atom stereocenters. The highest BCUT2D eigenvalue weighted by Crippen LogP contribution is 2.29. The van der Waals surface area contributed by atoms with Crippen molar-refractivity contribution in [3.63, 3.8) is 0 Å². The van der Waals surface area contributed by atoms with Gasteiger partial charge in [-0.1, -0.05) is 41.9 Å². The molecule has 2 aliphatic heterocycles. The van der Waals surface area contributed by atoms with Gasteiger partial charge in [-0.15, -0.1) is 0 Å². The summed E-state index contributed by atoms with van der Waals surface area (Å²) in [5.74, 6) is -2.23. The molecule has 3 N–H and O–H groups in total. The molecule has 2 fully saturated rings. The Hall–Kier alpha value is -5.03. The smallest absolute Gasteiger partial charge is 0.287 e. The molecule has 46 heavy (non-hydrogen) atoms. The van der Waals surface area contributed by atoms with Crippen LogP contribution in [0.4, 0.5) is 5.69 Å². The Morgan fingerprint density at radius 1 is 0.913 bits per heavy atom. The average molecular weight is 645 g/mol. The Labute approximate surface area is 269 Å². The molecule has 4 aromatic rings. The first kappa shape index (κ1) is 31.0. The minimum absolute atomic E-state index is 0.00730. The first-order valence-corrected chi connectivity index (χ1v) is 15.5. The van der Waals surface area contributed by atoms with Gasteiger partial charge in [0.05, 0.1) is 5.39 Å². The fourth-order valence-electron chi connectivity index (χ4n) is 5.99. The number of anilines is 1. The fraction of sp³-hybridized carbons (Fsp3) is 0.294. The quantitative estimate of drug-likeness (QED) is 0.247. The van der Waals surface area contributed by atoms with Crippen molar-refractivity contribution in [3.8, 4) is 11.5 Å². The number of hydrogen-bond acceptors (Lipinski definition) is 8. The summed E-state index contributed by atoms with van der Waals surface area (Å²) in [5, 5.41) is 22.9. The SMILES string of the molecule is O=C(N[C@@H](Cc1ccc(Cl)cc1)C(=O)N1CCN(c2ccccc2CN2CCCC2=O)CC1)c1cc(=O)c2cc(O)c(O)cc2o1. The van der Waals surface area contributed by atoms with E-state index in [1.807, 2.05) is 29.2 Å². The first-order chi connectivity index (χ1) is 22.2.